The quantitative estimate of drug-likeness (QED) is 0.452. The summed E-state index contributed by atoms with van der Waals surface area (Å²) in [6, 6.07) is 1.18. The van der Waals surface area contributed by atoms with E-state index in [1.54, 1.807) is 0 Å². The summed E-state index contributed by atoms with van der Waals surface area (Å²) in [7, 11) is 1.35. The minimum Gasteiger partial charge on any atom is -0.458 e. The lowest BCUT2D eigenvalue weighted by atomic mass is 10.1. The van der Waals surface area contributed by atoms with Gasteiger partial charge in [-0.2, -0.15) is 0 Å². The lowest BCUT2D eigenvalue weighted by Gasteiger charge is -2.12. The van der Waals surface area contributed by atoms with Crippen LogP contribution in [0, 0.1) is 0 Å². The van der Waals surface area contributed by atoms with Crippen molar-refractivity contribution in [2.45, 2.75) is 57.0 Å². The minimum absolute atomic E-state index is 0.0876. The summed E-state index contributed by atoms with van der Waals surface area (Å²) in [5.41, 5.74) is 0.0876. The summed E-state index contributed by atoms with van der Waals surface area (Å²) in [6.07, 6.45) is 6.24. The Morgan fingerprint density at radius 1 is 1.40 bits per heavy atom. The Morgan fingerprint density at radius 2 is 2.10 bits per heavy atom. The van der Waals surface area contributed by atoms with Crippen molar-refractivity contribution in [3.05, 3.63) is 18.0 Å². The van der Waals surface area contributed by atoms with Gasteiger partial charge in [-0.1, -0.05) is 26.2 Å². The zero-order chi connectivity index (χ0) is 15.2. The van der Waals surface area contributed by atoms with Crippen LogP contribution < -0.4 is 0 Å². The molecule has 0 aromatic carbocycles. The first-order valence-electron chi connectivity index (χ1n) is 6.68. The van der Waals surface area contributed by atoms with E-state index in [1.165, 1.54) is 18.7 Å². The minimum atomic E-state index is -3.83. The van der Waals surface area contributed by atoms with E-state index in [-0.39, 0.29) is 16.7 Å². The van der Waals surface area contributed by atoms with Gasteiger partial charge in [0.05, 0.1) is 6.10 Å². The van der Waals surface area contributed by atoms with Crippen molar-refractivity contribution < 1.29 is 17.9 Å². The number of rotatable bonds is 8. The molecule has 0 aliphatic heterocycles. The fraction of sp³-hybridized carbons (Fsp3) is 0.615. The fourth-order valence-corrected chi connectivity index (χ4v) is 2.52. The number of carbonyl (C=O) groups excluding carboxylic acids is 1. The maximum absolute atomic E-state index is 11.8. The standard InChI is InChI=1S/C13H20ClNO4S/c1-3-4-5-6-7-10(2)19-13(16)12-8-11(9-15-12)20(14,17)18/h8-10,15H,3-7H2,1-2H3. The third-order valence-corrected chi connectivity index (χ3v) is 4.26. The van der Waals surface area contributed by atoms with Crippen LogP contribution in [0.1, 0.15) is 56.4 Å². The molecule has 1 unspecified atom stereocenters. The molecular formula is C13H20ClNO4S. The molecule has 0 aliphatic rings. The highest BCUT2D eigenvalue weighted by atomic mass is 35.7. The maximum Gasteiger partial charge on any atom is 0.355 e. The Morgan fingerprint density at radius 3 is 2.65 bits per heavy atom. The Labute approximate surface area is 124 Å². The molecule has 0 saturated heterocycles. The molecule has 1 rings (SSSR count). The van der Waals surface area contributed by atoms with Gasteiger partial charge in [-0.25, -0.2) is 13.2 Å². The summed E-state index contributed by atoms with van der Waals surface area (Å²) in [4.78, 5) is 14.2. The smallest absolute Gasteiger partial charge is 0.355 e. The molecule has 0 aliphatic carbocycles. The van der Waals surface area contributed by atoms with Crippen LogP contribution in [0.5, 0.6) is 0 Å². The number of aromatic nitrogens is 1. The van der Waals surface area contributed by atoms with Crippen LogP contribution in [-0.4, -0.2) is 25.5 Å². The number of esters is 1. The zero-order valence-electron chi connectivity index (χ0n) is 11.7. The van der Waals surface area contributed by atoms with Crippen molar-refractivity contribution in [3.8, 4) is 0 Å². The second-order valence-corrected chi connectivity index (χ2v) is 7.32. The van der Waals surface area contributed by atoms with E-state index in [2.05, 4.69) is 11.9 Å². The number of halogens is 1. The second kappa shape index (κ2) is 7.69. The summed E-state index contributed by atoms with van der Waals surface area (Å²) < 4.78 is 27.4. The zero-order valence-corrected chi connectivity index (χ0v) is 13.3. The molecular weight excluding hydrogens is 302 g/mol. The van der Waals surface area contributed by atoms with Crippen molar-refractivity contribution in [2.24, 2.45) is 0 Å². The van der Waals surface area contributed by atoms with Gasteiger partial charge in [-0.3, -0.25) is 0 Å². The third kappa shape index (κ3) is 5.54. The number of unbranched alkanes of at least 4 members (excludes halogenated alkanes) is 3. The molecule has 0 bridgehead atoms. The van der Waals surface area contributed by atoms with Gasteiger partial charge in [0.15, 0.2) is 0 Å². The van der Waals surface area contributed by atoms with Gasteiger partial charge in [0, 0.05) is 16.9 Å². The Kier molecular flexibility index (Phi) is 6.55. The van der Waals surface area contributed by atoms with Crippen LogP contribution in [0.2, 0.25) is 0 Å². The van der Waals surface area contributed by atoms with E-state index >= 15 is 0 Å². The van der Waals surface area contributed by atoms with Gasteiger partial charge in [0.2, 0.25) is 0 Å². The predicted octanol–water partition coefficient (Wildman–Crippen LogP) is 3.46. The normalized spacial score (nSPS) is 13.2. The lowest BCUT2D eigenvalue weighted by molar-refractivity contribution is 0.0313. The monoisotopic (exact) mass is 321 g/mol. The van der Waals surface area contributed by atoms with Gasteiger partial charge in [0.1, 0.15) is 10.6 Å². The molecule has 1 N–H and O–H groups in total. The Bertz CT molecular complexity index is 538. The summed E-state index contributed by atoms with van der Waals surface area (Å²) >= 11 is 0. The van der Waals surface area contributed by atoms with Crippen LogP contribution in [0.4, 0.5) is 0 Å². The average molecular weight is 322 g/mol. The van der Waals surface area contributed by atoms with Crippen LogP contribution in [0.3, 0.4) is 0 Å². The SMILES string of the molecule is CCCCCCC(C)OC(=O)c1cc(S(=O)(=O)Cl)c[nH]1. The van der Waals surface area contributed by atoms with E-state index in [1.807, 2.05) is 6.92 Å². The second-order valence-electron chi connectivity index (χ2n) is 4.75. The van der Waals surface area contributed by atoms with E-state index in [4.69, 9.17) is 15.4 Å². The first kappa shape index (κ1) is 17.0. The number of hydrogen-bond donors (Lipinski definition) is 1. The molecule has 7 heteroatoms. The number of ether oxygens (including phenoxy) is 1. The largest absolute Gasteiger partial charge is 0.458 e. The van der Waals surface area contributed by atoms with E-state index in [9.17, 15) is 13.2 Å². The molecule has 1 aromatic rings. The maximum atomic E-state index is 11.8. The van der Waals surface area contributed by atoms with Crippen molar-refractivity contribution in [1.29, 1.82) is 0 Å². The van der Waals surface area contributed by atoms with Crippen LogP contribution in [0.25, 0.3) is 0 Å². The molecule has 1 heterocycles. The first-order valence-corrected chi connectivity index (χ1v) is 8.99. The Hall–Kier alpha value is -1.01. The van der Waals surface area contributed by atoms with Crippen LogP contribution in [0.15, 0.2) is 17.2 Å². The number of nitrogens with one attached hydrogen (secondary N) is 1. The molecule has 5 nitrogen and oxygen atoms in total. The van der Waals surface area contributed by atoms with Crippen molar-refractivity contribution in [3.63, 3.8) is 0 Å². The average Bonchev–Trinajstić information content (AvgIpc) is 2.84. The van der Waals surface area contributed by atoms with E-state index in [0.717, 1.165) is 25.7 Å². The van der Waals surface area contributed by atoms with Gasteiger partial charge in [-0.05, 0) is 25.8 Å². The summed E-state index contributed by atoms with van der Waals surface area (Å²) in [5, 5.41) is 0. The molecule has 0 amide bonds. The molecule has 0 fully saturated rings. The lowest BCUT2D eigenvalue weighted by Crippen LogP contribution is -2.15. The fourth-order valence-electron chi connectivity index (χ4n) is 1.80. The molecule has 0 radical (unpaired) electrons. The first-order chi connectivity index (χ1) is 9.34. The van der Waals surface area contributed by atoms with Gasteiger partial charge < -0.3 is 9.72 Å². The molecule has 114 valence electrons. The summed E-state index contributed by atoms with van der Waals surface area (Å²) in [5.74, 6) is -0.570. The molecule has 20 heavy (non-hydrogen) atoms. The van der Waals surface area contributed by atoms with Crippen LogP contribution in [-0.2, 0) is 13.8 Å². The topological polar surface area (TPSA) is 76.2 Å². The molecule has 0 saturated carbocycles. The highest BCUT2D eigenvalue weighted by Gasteiger charge is 2.18. The van der Waals surface area contributed by atoms with Gasteiger partial charge >= 0.3 is 5.97 Å². The number of carbonyl (C=O) groups is 1. The Balaban J connectivity index is 2.48. The molecule has 0 spiro atoms. The van der Waals surface area contributed by atoms with Crippen LogP contribution >= 0.6 is 10.7 Å². The van der Waals surface area contributed by atoms with Crippen molar-refractivity contribution in [1.82, 2.24) is 4.98 Å². The number of hydrogen-bond acceptors (Lipinski definition) is 4. The van der Waals surface area contributed by atoms with Gasteiger partial charge in [0.25, 0.3) is 9.05 Å². The van der Waals surface area contributed by atoms with Gasteiger partial charge in [-0.15, -0.1) is 0 Å². The van der Waals surface area contributed by atoms with Crippen molar-refractivity contribution >= 4 is 25.7 Å². The molecule has 1 aromatic heterocycles. The third-order valence-electron chi connectivity index (χ3n) is 2.93. The highest BCUT2D eigenvalue weighted by Crippen LogP contribution is 2.17. The predicted molar refractivity (Wildman–Crippen MR) is 77.5 cm³/mol. The number of H-pyrrole nitrogens is 1. The molecule has 1 atom stereocenters. The summed E-state index contributed by atoms with van der Waals surface area (Å²) in [6.45, 7) is 3.96. The number of aromatic amines is 1. The van der Waals surface area contributed by atoms with Crippen molar-refractivity contribution in [2.75, 3.05) is 0 Å². The van der Waals surface area contributed by atoms with E-state index in [0.29, 0.717) is 0 Å². The highest BCUT2D eigenvalue weighted by molar-refractivity contribution is 8.13. The van der Waals surface area contributed by atoms with E-state index < -0.39 is 15.0 Å².